The quantitative estimate of drug-likeness (QED) is 0.281. The molecule has 0 fully saturated rings. The fourth-order valence-electron chi connectivity index (χ4n) is 3.21. The van der Waals surface area contributed by atoms with Crippen molar-refractivity contribution in [2.75, 3.05) is 5.32 Å². The van der Waals surface area contributed by atoms with Gasteiger partial charge in [0.15, 0.2) is 17.2 Å². The van der Waals surface area contributed by atoms with Gasteiger partial charge in [-0.05, 0) is 62.7 Å². The number of urea groups is 1. The molecule has 2 N–H and O–H groups in total. The van der Waals surface area contributed by atoms with Crippen LogP contribution in [-0.4, -0.2) is 28.2 Å². The zero-order chi connectivity index (χ0) is 28.8. The molecule has 8 nitrogen and oxygen atoms in total. The van der Waals surface area contributed by atoms with Crippen molar-refractivity contribution in [2.24, 2.45) is 0 Å². The number of ether oxygens (including phenoxy) is 2. The lowest BCUT2D eigenvalue weighted by molar-refractivity contribution is -0.137. The third-order valence-corrected chi connectivity index (χ3v) is 5.72. The van der Waals surface area contributed by atoms with Gasteiger partial charge in [0.2, 0.25) is 0 Å². The maximum absolute atomic E-state index is 13.3. The fraction of sp³-hybridized carbons (Fsp3) is 0.286. The van der Waals surface area contributed by atoms with Crippen molar-refractivity contribution in [1.29, 1.82) is 0 Å². The van der Waals surface area contributed by atoms with E-state index < -0.39 is 23.4 Å². The van der Waals surface area contributed by atoms with E-state index in [1.165, 1.54) is 27.0 Å². The molecule has 0 aliphatic carbocycles. The number of anilines is 1. The molecule has 0 spiro atoms. The van der Waals surface area contributed by atoms with E-state index in [0.29, 0.717) is 29.2 Å². The second-order valence-electron chi connectivity index (χ2n) is 9.08. The van der Waals surface area contributed by atoms with Crippen LogP contribution in [0.15, 0.2) is 60.8 Å². The van der Waals surface area contributed by atoms with E-state index in [1.54, 1.807) is 43.3 Å². The van der Waals surface area contributed by atoms with Crippen molar-refractivity contribution in [1.82, 2.24) is 10.3 Å². The second kappa shape index (κ2) is 12.0. The minimum absolute atomic E-state index is 0.0601. The molecule has 0 radical (unpaired) electrons. The number of nitrogens with one attached hydrogen (secondary N) is 2. The van der Waals surface area contributed by atoms with Gasteiger partial charge in [-0.25, -0.2) is 4.79 Å². The van der Waals surface area contributed by atoms with Crippen LogP contribution in [0.5, 0.6) is 17.2 Å². The van der Waals surface area contributed by atoms with Gasteiger partial charge in [0.1, 0.15) is 22.9 Å². The smallest absolute Gasteiger partial charge is 0.416 e. The molecule has 2 amide bonds. The van der Waals surface area contributed by atoms with Crippen molar-refractivity contribution in [3.63, 3.8) is 0 Å². The zero-order valence-electron chi connectivity index (χ0n) is 21.8. The number of hydrogen-bond donors (Lipinski definition) is 2. The van der Waals surface area contributed by atoms with Crippen LogP contribution in [0.25, 0.3) is 0 Å². The summed E-state index contributed by atoms with van der Waals surface area (Å²) in [5, 5.41) is 4.95. The first kappa shape index (κ1) is 29.2. The highest BCUT2D eigenvalue weighted by Crippen LogP contribution is 2.36. The van der Waals surface area contributed by atoms with Gasteiger partial charge in [-0.3, -0.25) is 14.6 Å². The molecule has 0 atom stereocenters. The van der Waals surface area contributed by atoms with Gasteiger partial charge < -0.3 is 20.1 Å². The van der Waals surface area contributed by atoms with Crippen molar-refractivity contribution < 1.29 is 37.0 Å². The van der Waals surface area contributed by atoms with Gasteiger partial charge in [0, 0.05) is 25.2 Å². The van der Waals surface area contributed by atoms with Crippen LogP contribution in [0.2, 0.25) is 0 Å². The number of carbonyl (C=O) groups is 3. The lowest BCUT2D eigenvalue weighted by Crippen LogP contribution is -2.37. The Balaban J connectivity index is 1.66. The topological polar surface area (TPSA) is 107 Å². The lowest BCUT2D eigenvalue weighted by Gasteiger charge is -2.25. The molecule has 206 valence electrons. The molecule has 0 bridgehead atoms. The number of amides is 2. The molecule has 11 heteroatoms. The van der Waals surface area contributed by atoms with Crippen LogP contribution in [0.4, 0.5) is 23.7 Å². The maximum atomic E-state index is 13.3. The number of carbonyl (C=O) groups excluding carboxylic acids is 3. The Hall–Kier alpha value is -4.41. The molecular formula is C28H28F3N3O5. The largest absolute Gasteiger partial charge is 0.478 e. The Bertz CT molecular complexity index is 1360. The van der Waals surface area contributed by atoms with Crippen molar-refractivity contribution >= 4 is 23.3 Å². The van der Waals surface area contributed by atoms with Crippen LogP contribution in [0.1, 0.15) is 55.7 Å². The first-order valence-electron chi connectivity index (χ1n) is 12.0. The molecule has 0 aliphatic rings. The minimum Gasteiger partial charge on any atom is -0.478 e. The number of alkyl halides is 3. The molecule has 0 saturated carbocycles. The summed E-state index contributed by atoms with van der Waals surface area (Å²) in [6, 6.07) is 11.7. The number of hydrogen-bond acceptors (Lipinski definition) is 6. The second-order valence-corrected chi connectivity index (χ2v) is 9.08. The van der Waals surface area contributed by atoms with E-state index >= 15 is 0 Å². The Morgan fingerprint density at radius 3 is 2.26 bits per heavy atom. The van der Waals surface area contributed by atoms with Gasteiger partial charge in [-0.1, -0.05) is 19.1 Å². The highest BCUT2D eigenvalue weighted by atomic mass is 19.4. The van der Waals surface area contributed by atoms with E-state index in [4.69, 9.17) is 9.47 Å². The molecule has 0 saturated heterocycles. The monoisotopic (exact) mass is 543 g/mol. The number of ketones is 2. The third-order valence-electron chi connectivity index (χ3n) is 5.72. The summed E-state index contributed by atoms with van der Waals surface area (Å²) < 4.78 is 51.2. The minimum atomic E-state index is -4.64. The summed E-state index contributed by atoms with van der Waals surface area (Å²) in [6.07, 6.45) is -2.84. The van der Waals surface area contributed by atoms with Crippen LogP contribution >= 0.6 is 0 Å². The van der Waals surface area contributed by atoms with E-state index in [9.17, 15) is 27.6 Å². The number of Topliss-reactive ketones (excluding diaryl/α,β-unsaturated/α-hetero) is 2. The average molecular weight is 544 g/mol. The molecule has 3 rings (SSSR count). The summed E-state index contributed by atoms with van der Waals surface area (Å²) in [7, 11) is 0. The van der Waals surface area contributed by atoms with E-state index in [1.807, 2.05) is 0 Å². The summed E-state index contributed by atoms with van der Waals surface area (Å²) in [5.74, 6) is 0.401. The van der Waals surface area contributed by atoms with Gasteiger partial charge in [-0.2, -0.15) is 13.2 Å². The predicted molar refractivity (Wildman–Crippen MR) is 138 cm³/mol. The maximum Gasteiger partial charge on any atom is 0.416 e. The normalized spacial score (nSPS) is 11.5. The number of pyridine rings is 1. The first-order valence-corrected chi connectivity index (χ1v) is 12.0. The summed E-state index contributed by atoms with van der Waals surface area (Å²) in [4.78, 5) is 40.2. The predicted octanol–water partition coefficient (Wildman–Crippen LogP) is 6.55. The van der Waals surface area contributed by atoms with Gasteiger partial charge in [0.25, 0.3) is 0 Å². The summed E-state index contributed by atoms with van der Waals surface area (Å²) in [6.45, 7) is 6.05. The molecule has 39 heavy (non-hydrogen) atoms. The molecule has 0 unspecified atom stereocenters. The number of benzene rings is 2. The summed E-state index contributed by atoms with van der Waals surface area (Å²) in [5.41, 5.74) is -1.55. The average Bonchev–Trinajstić information content (AvgIpc) is 2.88. The van der Waals surface area contributed by atoms with Crippen LogP contribution in [-0.2, 0) is 17.5 Å². The number of rotatable bonds is 10. The van der Waals surface area contributed by atoms with Gasteiger partial charge in [-0.15, -0.1) is 0 Å². The van der Waals surface area contributed by atoms with Crippen molar-refractivity contribution in [2.45, 2.75) is 52.4 Å². The zero-order valence-corrected chi connectivity index (χ0v) is 21.8. The fourth-order valence-corrected chi connectivity index (χ4v) is 3.21. The Morgan fingerprint density at radius 2 is 1.64 bits per heavy atom. The molecule has 2 aromatic carbocycles. The van der Waals surface area contributed by atoms with E-state index in [2.05, 4.69) is 15.6 Å². The SMILES string of the molecule is CCC(=O)c1cc(Oc2ccc(CNC(=O)Nc3cc(C(F)(F)F)ccc3OC(C)(C)C(C)=O)cc2)ccn1. The van der Waals surface area contributed by atoms with Crippen LogP contribution < -0.4 is 20.1 Å². The molecule has 1 heterocycles. The van der Waals surface area contributed by atoms with Gasteiger partial charge in [0.05, 0.1) is 11.3 Å². The number of halogens is 3. The molecule has 0 aliphatic heterocycles. The third kappa shape index (κ3) is 8.03. The standard InChI is InChI=1S/C28H28F3N3O5/c1-5-24(36)22-15-21(12-13-32-22)38-20-9-6-18(7-10-20)16-33-26(37)34-23-14-19(28(29,30)31)8-11-25(23)39-27(3,4)17(2)35/h6-15H,5,16H2,1-4H3,(H2,33,34,37). The van der Waals surface area contributed by atoms with Crippen molar-refractivity contribution in [3.05, 3.63) is 77.6 Å². The highest BCUT2D eigenvalue weighted by molar-refractivity contribution is 5.94. The van der Waals surface area contributed by atoms with Crippen LogP contribution in [0, 0.1) is 0 Å². The van der Waals surface area contributed by atoms with E-state index in [0.717, 1.165) is 18.2 Å². The molecule has 3 aromatic rings. The molecular weight excluding hydrogens is 515 g/mol. The summed E-state index contributed by atoms with van der Waals surface area (Å²) >= 11 is 0. The van der Waals surface area contributed by atoms with Crippen molar-refractivity contribution in [3.8, 4) is 17.2 Å². The molecule has 1 aromatic heterocycles. The lowest BCUT2D eigenvalue weighted by atomic mass is 10.0. The van der Waals surface area contributed by atoms with E-state index in [-0.39, 0.29) is 29.5 Å². The first-order chi connectivity index (χ1) is 18.3. The Labute approximate surface area is 223 Å². The number of nitrogens with zero attached hydrogens (tertiary/aromatic N) is 1. The van der Waals surface area contributed by atoms with Crippen LogP contribution in [0.3, 0.4) is 0 Å². The Morgan fingerprint density at radius 1 is 0.949 bits per heavy atom. The Kier molecular flexibility index (Phi) is 8.95. The van der Waals surface area contributed by atoms with Gasteiger partial charge >= 0.3 is 12.2 Å². The highest BCUT2D eigenvalue weighted by Gasteiger charge is 2.33. The number of aromatic nitrogens is 1.